The second-order valence-electron chi connectivity index (χ2n) is 4.76. The van der Waals surface area contributed by atoms with Crippen LogP contribution in [0, 0.1) is 0 Å². The summed E-state index contributed by atoms with van der Waals surface area (Å²) in [6.07, 6.45) is 7.97. The Morgan fingerprint density at radius 3 is 3.06 bits per heavy atom. The zero-order chi connectivity index (χ0) is 11.9. The molecule has 1 aliphatic heterocycles. The van der Waals surface area contributed by atoms with Crippen LogP contribution in [-0.4, -0.2) is 25.3 Å². The maximum Gasteiger partial charge on any atom is 0.105 e. The first-order valence-corrected chi connectivity index (χ1v) is 6.76. The van der Waals surface area contributed by atoms with Crippen LogP contribution in [-0.2, 0) is 11.2 Å². The molecule has 0 saturated carbocycles. The minimum atomic E-state index is 0.433. The maximum atomic E-state index is 5.80. The monoisotopic (exact) mass is 237 g/mol. The first-order valence-electron chi connectivity index (χ1n) is 6.76. The van der Waals surface area contributed by atoms with Crippen LogP contribution >= 0.6 is 0 Å². The molecular formula is C14H23NO2. The van der Waals surface area contributed by atoms with Gasteiger partial charge in [-0.15, -0.1) is 0 Å². The minimum Gasteiger partial charge on any atom is -0.469 e. The van der Waals surface area contributed by atoms with Gasteiger partial charge in [0.05, 0.1) is 12.4 Å². The number of hydrogen-bond acceptors (Lipinski definition) is 3. The summed E-state index contributed by atoms with van der Waals surface area (Å²) in [5.41, 5.74) is 0. The first kappa shape index (κ1) is 12.7. The lowest BCUT2D eigenvalue weighted by Gasteiger charge is -2.27. The van der Waals surface area contributed by atoms with Gasteiger partial charge in [0.2, 0.25) is 0 Å². The summed E-state index contributed by atoms with van der Waals surface area (Å²) in [4.78, 5) is 0. The Hall–Kier alpha value is -0.800. The van der Waals surface area contributed by atoms with Crippen molar-refractivity contribution in [2.75, 3.05) is 13.2 Å². The van der Waals surface area contributed by atoms with Gasteiger partial charge in [-0.1, -0.05) is 6.92 Å². The second kappa shape index (κ2) is 6.82. The fourth-order valence-corrected chi connectivity index (χ4v) is 2.51. The second-order valence-corrected chi connectivity index (χ2v) is 4.76. The molecule has 1 aromatic heterocycles. The average Bonchev–Trinajstić information content (AvgIpc) is 2.83. The van der Waals surface area contributed by atoms with Gasteiger partial charge < -0.3 is 14.5 Å². The lowest BCUT2D eigenvalue weighted by molar-refractivity contribution is 0.00509. The molecule has 2 rings (SSSR count). The quantitative estimate of drug-likeness (QED) is 0.826. The fraction of sp³-hybridized carbons (Fsp3) is 0.714. The van der Waals surface area contributed by atoms with E-state index in [1.54, 1.807) is 6.26 Å². The standard InChI is InChI=1S/C14H23NO2/c1-2-15-12(11-14-7-5-9-17-14)10-13-6-3-4-8-16-13/h5,7,9,12-13,15H,2-4,6,8,10-11H2,1H3. The van der Waals surface area contributed by atoms with E-state index in [9.17, 15) is 0 Å². The third-order valence-electron chi connectivity index (χ3n) is 3.34. The Balaban J connectivity index is 1.83. The molecule has 0 spiro atoms. The number of hydrogen-bond donors (Lipinski definition) is 1. The number of rotatable bonds is 6. The Morgan fingerprint density at radius 2 is 2.41 bits per heavy atom. The van der Waals surface area contributed by atoms with Crippen molar-refractivity contribution in [3.63, 3.8) is 0 Å². The van der Waals surface area contributed by atoms with E-state index in [1.165, 1.54) is 19.3 Å². The smallest absolute Gasteiger partial charge is 0.105 e. The number of likely N-dealkylation sites (N-methyl/N-ethyl adjacent to an activating group) is 1. The van der Waals surface area contributed by atoms with E-state index in [2.05, 4.69) is 12.2 Å². The molecule has 17 heavy (non-hydrogen) atoms. The molecule has 2 atom stereocenters. The van der Waals surface area contributed by atoms with E-state index in [1.807, 2.05) is 12.1 Å². The zero-order valence-corrected chi connectivity index (χ0v) is 10.7. The normalized spacial score (nSPS) is 22.5. The molecule has 0 radical (unpaired) electrons. The van der Waals surface area contributed by atoms with Gasteiger partial charge in [-0.05, 0) is 44.4 Å². The molecular weight excluding hydrogens is 214 g/mol. The van der Waals surface area contributed by atoms with Crippen LogP contribution < -0.4 is 5.32 Å². The van der Waals surface area contributed by atoms with Crippen LogP contribution in [0.4, 0.5) is 0 Å². The van der Waals surface area contributed by atoms with Gasteiger partial charge in [0.15, 0.2) is 0 Å². The van der Waals surface area contributed by atoms with E-state index >= 15 is 0 Å². The average molecular weight is 237 g/mol. The summed E-state index contributed by atoms with van der Waals surface area (Å²) in [6.45, 7) is 4.08. The van der Waals surface area contributed by atoms with Gasteiger partial charge >= 0.3 is 0 Å². The van der Waals surface area contributed by atoms with Crippen LogP contribution in [0.2, 0.25) is 0 Å². The van der Waals surface area contributed by atoms with E-state index in [0.717, 1.165) is 31.8 Å². The van der Waals surface area contributed by atoms with Crippen molar-refractivity contribution in [2.24, 2.45) is 0 Å². The third-order valence-corrected chi connectivity index (χ3v) is 3.34. The third kappa shape index (κ3) is 4.17. The van der Waals surface area contributed by atoms with Crippen molar-refractivity contribution >= 4 is 0 Å². The van der Waals surface area contributed by atoms with E-state index in [0.29, 0.717) is 12.1 Å². The predicted molar refractivity (Wildman–Crippen MR) is 68.1 cm³/mol. The zero-order valence-electron chi connectivity index (χ0n) is 10.7. The van der Waals surface area contributed by atoms with Gasteiger partial charge in [0.25, 0.3) is 0 Å². The highest BCUT2D eigenvalue weighted by molar-refractivity contribution is 5.00. The molecule has 1 saturated heterocycles. The van der Waals surface area contributed by atoms with Crippen molar-refractivity contribution in [1.29, 1.82) is 0 Å². The van der Waals surface area contributed by atoms with Crippen LogP contribution in [0.25, 0.3) is 0 Å². The molecule has 96 valence electrons. The number of nitrogens with one attached hydrogen (secondary N) is 1. The highest BCUT2D eigenvalue weighted by atomic mass is 16.5. The van der Waals surface area contributed by atoms with Crippen molar-refractivity contribution in [2.45, 2.75) is 51.2 Å². The summed E-state index contributed by atoms with van der Waals surface area (Å²) in [5, 5.41) is 3.53. The van der Waals surface area contributed by atoms with Crippen LogP contribution in [0.1, 0.15) is 38.4 Å². The molecule has 3 nitrogen and oxygen atoms in total. The molecule has 0 bridgehead atoms. The summed E-state index contributed by atoms with van der Waals surface area (Å²) in [5.74, 6) is 1.06. The van der Waals surface area contributed by atoms with E-state index < -0.39 is 0 Å². The minimum absolute atomic E-state index is 0.433. The molecule has 0 aliphatic carbocycles. The molecule has 3 heteroatoms. The highest BCUT2D eigenvalue weighted by Crippen LogP contribution is 2.18. The van der Waals surface area contributed by atoms with Crippen molar-refractivity contribution in [3.8, 4) is 0 Å². The van der Waals surface area contributed by atoms with E-state index in [4.69, 9.17) is 9.15 Å². The Labute approximate surface area is 104 Å². The van der Waals surface area contributed by atoms with Gasteiger partial charge in [0, 0.05) is 19.1 Å². The predicted octanol–water partition coefficient (Wildman–Crippen LogP) is 2.76. The largest absolute Gasteiger partial charge is 0.469 e. The van der Waals surface area contributed by atoms with Gasteiger partial charge in [-0.2, -0.15) is 0 Å². The molecule has 0 amide bonds. The molecule has 1 fully saturated rings. The van der Waals surface area contributed by atoms with Crippen LogP contribution in [0.5, 0.6) is 0 Å². The first-order chi connectivity index (χ1) is 8.38. The Bertz CT molecular complexity index is 291. The topological polar surface area (TPSA) is 34.4 Å². The fourth-order valence-electron chi connectivity index (χ4n) is 2.51. The highest BCUT2D eigenvalue weighted by Gasteiger charge is 2.19. The molecule has 2 unspecified atom stereocenters. The Kier molecular flexibility index (Phi) is 5.08. The lowest BCUT2D eigenvalue weighted by Crippen LogP contribution is -2.36. The summed E-state index contributed by atoms with van der Waals surface area (Å²) < 4.78 is 11.2. The van der Waals surface area contributed by atoms with Crippen molar-refractivity contribution in [3.05, 3.63) is 24.2 Å². The molecule has 2 heterocycles. The van der Waals surface area contributed by atoms with Gasteiger partial charge in [-0.25, -0.2) is 0 Å². The SMILES string of the molecule is CCNC(Cc1ccco1)CC1CCCCO1. The molecule has 1 aliphatic rings. The molecule has 1 N–H and O–H groups in total. The summed E-state index contributed by atoms with van der Waals surface area (Å²) in [7, 11) is 0. The van der Waals surface area contributed by atoms with Crippen LogP contribution in [0.3, 0.4) is 0 Å². The molecule has 0 aromatic carbocycles. The molecule has 1 aromatic rings. The lowest BCUT2D eigenvalue weighted by atomic mass is 9.99. The summed E-state index contributed by atoms with van der Waals surface area (Å²) >= 11 is 0. The van der Waals surface area contributed by atoms with Crippen molar-refractivity contribution in [1.82, 2.24) is 5.32 Å². The number of furan rings is 1. The van der Waals surface area contributed by atoms with Gasteiger partial charge in [-0.3, -0.25) is 0 Å². The Morgan fingerprint density at radius 1 is 1.47 bits per heavy atom. The van der Waals surface area contributed by atoms with Crippen LogP contribution in [0.15, 0.2) is 22.8 Å². The summed E-state index contributed by atoms with van der Waals surface area (Å²) in [6, 6.07) is 4.47. The maximum absolute atomic E-state index is 5.80. The number of ether oxygens (including phenoxy) is 1. The van der Waals surface area contributed by atoms with Gasteiger partial charge in [0.1, 0.15) is 5.76 Å². The van der Waals surface area contributed by atoms with Crippen molar-refractivity contribution < 1.29 is 9.15 Å². The van der Waals surface area contributed by atoms with E-state index in [-0.39, 0.29) is 0 Å².